The van der Waals surface area contributed by atoms with E-state index in [1.807, 2.05) is 18.2 Å². The summed E-state index contributed by atoms with van der Waals surface area (Å²) in [6.07, 6.45) is 6.94. The van der Waals surface area contributed by atoms with E-state index in [-0.39, 0.29) is 17.6 Å². The summed E-state index contributed by atoms with van der Waals surface area (Å²) in [4.78, 5) is 14.9. The molecule has 1 amide bonds. The monoisotopic (exact) mass is 336 g/mol. The van der Waals surface area contributed by atoms with E-state index < -0.39 is 0 Å². The van der Waals surface area contributed by atoms with Crippen molar-refractivity contribution in [3.05, 3.63) is 70.5 Å². The molecular formula is C21H21FN2O. The Balaban J connectivity index is 1.71. The molecule has 25 heavy (non-hydrogen) atoms. The van der Waals surface area contributed by atoms with Gasteiger partial charge in [0, 0.05) is 17.8 Å². The Labute approximate surface area is 146 Å². The number of fused-ring (bicyclic) bond motifs is 2. The number of benzene rings is 2. The minimum Gasteiger partial charge on any atom is -0.330 e. The number of hydrogen-bond acceptors (Lipinski definition) is 2. The van der Waals surface area contributed by atoms with Crippen molar-refractivity contribution in [2.45, 2.75) is 19.3 Å². The molecule has 4 heteroatoms. The highest BCUT2D eigenvalue weighted by Gasteiger charge is 2.29. The molecule has 0 bridgehead atoms. The van der Waals surface area contributed by atoms with Crippen LogP contribution in [0.15, 0.2) is 42.5 Å². The van der Waals surface area contributed by atoms with Crippen molar-refractivity contribution in [3.8, 4) is 0 Å². The third-order valence-electron chi connectivity index (χ3n) is 5.13. The fourth-order valence-electron chi connectivity index (χ4n) is 3.79. The first-order chi connectivity index (χ1) is 12.2. The van der Waals surface area contributed by atoms with Crippen molar-refractivity contribution < 1.29 is 9.18 Å². The summed E-state index contributed by atoms with van der Waals surface area (Å²) in [5, 5.41) is 0. The Morgan fingerprint density at radius 1 is 1.20 bits per heavy atom. The topological polar surface area (TPSA) is 46.3 Å². The molecule has 2 aromatic carbocycles. The van der Waals surface area contributed by atoms with E-state index in [9.17, 15) is 9.18 Å². The van der Waals surface area contributed by atoms with Crippen molar-refractivity contribution in [2.24, 2.45) is 11.7 Å². The van der Waals surface area contributed by atoms with Gasteiger partial charge < -0.3 is 10.6 Å². The Morgan fingerprint density at radius 3 is 2.92 bits per heavy atom. The van der Waals surface area contributed by atoms with E-state index >= 15 is 0 Å². The summed E-state index contributed by atoms with van der Waals surface area (Å²) in [6.45, 7) is 1.06. The van der Waals surface area contributed by atoms with Gasteiger partial charge in [-0.05, 0) is 78.7 Å². The summed E-state index contributed by atoms with van der Waals surface area (Å²) in [5.41, 5.74) is 10.6. The van der Waals surface area contributed by atoms with Crippen LogP contribution in [0.5, 0.6) is 0 Å². The highest BCUT2D eigenvalue weighted by molar-refractivity contribution is 6.07. The van der Waals surface area contributed by atoms with Gasteiger partial charge in [-0.2, -0.15) is 0 Å². The van der Waals surface area contributed by atoms with E-state index in [1.54, 1.807) is 11.0 Å². The first-order valence-electron chi connectivity index (χ1n) is 8.75. The lowest BCUT2D eigenvalue weighted by molar-refractivity contribution is 0.0980. The van der Waals surface area contributed by atoms with Gasteiger partial charge in [0.25, 0.3) is 5.91 Å². The maximum absolute atomic E-state index is 13.6. The van der Waals surface area contributed by atoms with Crippen molar-refractivity contribution in [1.82, 2.24) is 0 Å². The number of nitrogens with zero attached hydrogens (tertiary/aromatic N) is 1. The minimum atomic E-state index is -0.274. The molecule has 2 N–H and O–H groups in total. The first-order valence-corrected chi connectivity index (χ1v) is 8.75. The Kier molecular flexibility index (Phi) is 4.14. The lowest BCUT2D eigenvalue weighted by Gasteiger charge is -2.34. The zero-order valence-electron chi connectivity index (χ0n) is 14.0. The summed E-state index contributed by atoms with van der Waals surface area (Å²) in [7, 11) is 0. The van der Waals surface area contributed by atoms with Gasteiger partial charge in [0.05, 0.1) is 0 Å². The van der Waals surface area contributed by atoms with Crippen molar-refractivity contribution in [2.75, 3.05) is 18.0 Å². The van der Waals surface area contributed by atoms with Crippen LogP contribution >= 0.6 is 0 Å². The predicted octanol–water partition coefficient (Wildman–Crippen LogP) is 3.56. The second-order valence-electron chi connectivity index (χ2n) is 6.85. The minimum absolute atomic E-state index is 0.0386. The SMILES string of the molecule is NCC1Cc2cc(F)ccc2N(C(=O)c2ccc3c(c2)CCC=C3)C1. The fraction of sp³-hybridized carbons (Fsp3) is 0.286. The number of carbonyl (C=O) groups excluding carboxylic acids is 1. The second kappa shape index (κ2) is 6.45. The average Bonchev–Trinajstić information content (AvgIpc) is 2.65. The van der Waals surface area contributed by atoms with Crippen LogP contribution in [0.25, 0.3) is 6.08 Å². The number of allylic oxidation sites excluding steroid dienone is 1. The number of nitrogens with two attached hydrogens (primary N) is 1. The van der Waals surface area contributed by atoms with Crippen LogP contribution in [0.3, 0.4) is 0 Å². The lowest BCUT2D eigenvalue weighted by Crippen LogP contribution is -2.42. The molecule has 0 fully saturated rings. The molecule has 1 aliphatic carbocycles. The molecular weight excluding hydrogens is 315 g/mol. The number of carbonyl (C=O) groups is 1. The largest absolute Gasteiger partial charge is 0.330 e. The van der Waals surface area contributed by atoms with Crippen molar-refractivity contribution in [1.29, 1.82) is 0 Å². The molecule has 3 nitrogen and oxygen atoms in total. The van der Waals surface area contributed by atoms with E-state index in [0.29, 0.717) is 25.1 Å². The van der Waals surface area contributed by atoms with Crippen molar-refractivity contribution in [3.63, 3.8) is 0 Å². The number of anilines is 1. The van der Waals surface area contributed by atoms with Gasteiger partial charge >= 0.3 is 0 Å². The number of halogens is 1. The molecule has 128 valence electrons. The van der Waals surface area contributed by atoms with Crippen LogP contribution in [-0.2, 0) is 12.8 Å². The quantitative estimate of drug-likeness (QED) is 0.911. The van der Waals surface area contributed by atoms with Crippen molar-refractivity contribution >= 4 is 17.7 Å². The first kappa shape index (κ1) is 16.0. The standard InChI is InChI=1S/C21H21FN2O/c22-19-7-8-20-18(11-19)9-14(12-23)13-24(20)21(25)17-6-5-15-3-1-2-4-16(15)10-17/h1,3,5-8,10-11,14H,2,4,9,12-13,23H2. The fourth-order valence-corrected chi connectivity index (χ4v) is 3.79. The zero-order valence-corrected chi connectivity index (χ0v) is 14.0. The van der Waals surface area contributed by atoms with Gasteiger partial charge in [-0.1, -0.05) is 18.2 Å². The van der Waals surface area contributed by atoms with Crippen LogP contribution in [0, 0.1) is 11.7 Å². The summed E-state index contributed by atoms with van der Waals surface area (Å²) in [5.74, 6) is -0.161. The average molecular weight is 336 g/mol. The zero-order chi connectivity index (χ0) is 17.4. The lowest BCUT2D eigenvalue weighted by atomic mass is 9.91. The third-order valence-corrected chi connectivity index (χ3v) is 5.13. The highest BCUT2D eigenvalue weighted by Crippen LogP contribution is 2.32. The molecule has 0 saturated carbocycles. The van der Waals surface area contributed by atoms with Crippen LogP contribution in [-0.4, -0.2) is 19.0 Å². The molecule has 2 aliphatic rings. The van der Waals surface area contributed by atoms with Crippen LogP contribution in [0.2, 0.25) is 0 Å². The molecule has 0 saturated heterocycles. The van der Waals surface area contributed by atoms with Gasteiger partial charge in [0.2, 0.25) is 0 Å². The normalized spacial score (nSPS) is 18.6. The molecule has 0 spiro atoms. The predicted molar refractivity (Wildman–Crippen MR) is 98.1 cm³/mol. The van der Waals surface area contributed by atoms with E-state index in [2.05, 4.69) is 12.2 Å². The molecule has 0 aromatic heterocycles. The highest BCUT2D eigenvalue weighted by atomic mass is 19.1. The van der Waals surface area contributed by atoms with E-state index in [4.69, 9.17) is 5.73 Å². The van der Waals surface area contributed by atoms with Crippen LogP contribution in [0.1, 0.15) is 33.5 Å². The van der Waals surface area contributed by atoms with Gasteiger partial charge in [0.1, 0.15) is 5.82 Å². The Bertz CT molecular complexity index is 859. The number of aryl methyl sites for hydroxylation is 1. The molecule has 0 radical (unpaired) electrons. The van der Waals surface area contributed by atoms with E-state index in [1.165, 1.54) is 23.3 Å². The smallest absolute Gasteiger partial charge is 0.258 e. The van der Waals surface area contributed by atoms with Crippen LogP contribution < -0.4 is 10.6 Å². The second-order valence-corrected chi connectivity index (χ2v) is 6.85. The Morgan fingerprint density at radius 2 is 2.08 bits per heavy atom. The summed E-state index contributed by atoms with van der Waals surface area (Å²) in [6, 6.07) is 10.5. The molecule has 2 aromatic rings. The number of amides is 1. The Hall–Kier alpha value is -2.46. The number of rotatable bonds is 2. The molecule has 1 atom stereocenters. The van der Waals surface area contributed by atoms with Crippen LogP contribution in [0.4, 0.5) is 10.1 Å². The van der Waals surface area contributed by atoms with Gasteiger partial charge in [-0.3, -0.25) is 4.79 Å². The van der Waals surface area contributed by atoms with Gasteiger partial charge in [-0.15, -0.1) is 0 Å². The summed E-state index contributed by atoms with van der Waals surface area (Å²) >= 11 is 0. The van der Waals surface area contributed by atoms with Gasteiger partial charge in [-0.25, -0.2) is 4.39 Å². The van der Waals surface area contributed by atoms with E-state index in [0.717, 1.165) is 24.1 Å². The molecule has 1 heterocycles. The molecule has 1 unspecified atom stereocenters. The maximum Gasteiger partial charge on any atom is 0.258 e. The van der Waals surface area contributed by atoms with Gasteiger partial charge in [0.15, 0.2) is 0 Å². The maximum atomic E-state index is 13.6. The third kappa shape index (κ3) is 2.98. The number of hydrogen-bond donors (Lipinski definition) is 1. The molecule has 1 aliphatic heterocycles. The summed E-state index contributed by atoms with van der Waals surface area (Å²) < 4.78 is 13.6. The molecule has 4 rings (SSSR count).